The average molecular weight is 312 g/mol. The van der Waals surface area contributed by atoms with E-state index in [0.717, 1.165) is 45.6 Å². The molecule has 0 N–H and O–H groups in total. The maximum absolute atomic E-state index is 12.2. The van der Waals surface area contributed by atoms with Crippen LogP contribution in [-0.2, 0) is 9.53 Å². The molecule has 0 bridgehead atoms. The minimum atomic E-state index is -0.0466. The van der Waals surface area contributed by atoms with Crippen molar-refractivity contribution in [1.29, 1.82) is 0 Å². The number of hydrogen-bond donors (Lipinski definition) is 0. The van der Waals surface area contributed by atoms with Gasteiger partial charge in [-0.3, -0.25) is 9.69 Å². The Morgan fingerprint density at radius 3 is 2.18 bits per heavy atom. The smallest absolute Gasteiger partial charge is 0.225 e. The van der Waals surface area contributed by atoms with E-state index in [1.165, 1.54) is 6.42 Å². The fourth-order valence-electron chi connectivity index (χ4n) is 3.12. The summed E-state index contributed by atoms with van der Waals surface area (Å²) in [6.07, 6.45) is 3.20. The number of piperazine rings is 1. The van der Waals surface area contributed by atoms with Crippen molar-refractivity contribution in [2.75, 3.05) is 39.8 Å². The molecule has 1 fully saturated rings. The molecule has 0 aliphatic carbocycles. The third-order valence-electron chi connectivity index (χ3n) is 5.14. The molecule has 2 unspecified atom stereocenters. The lowest BCUT2D eigenvalue weighted by molar-refractivity contribution is -0.136. The van der Waals surface area contributed by atoms with Crippen LogP contribution in [0.1, 0.15) is 53.9 Å². The molecule has 1 aliphatic heterocycles. The number of ether oxygens (including phenoxy) is 1. The molecule has 0 spiro atoms. The van der Waals surface area contributed by atoms with Crippen molar-refractivity contribution in [2.45, 2.75) is 59.5 Å². The Bertz CT molecular complexity index is 336. The van der Waals surface area contributed by atoms with Crippen LogP contribution < -0.4 is 0 Å². The third-order valence-corrected chi connectivity index (χ3v) is 5.14. The van der Waals surface area contributed by atoms with Crippen molar-refractivity contribution in [1.82, 2.24) is 9.80 Å². The molecule has 130 valence electrons. The van der Waals surface area contributed by atoms with E-state index >= 15 is 0 Å². The SMILES string of the molecule is CCC(CN1CCN(C(=O)C(C)CC)CC1)CC(C)(C)OC. The molecule has 2 atom stereocenters. The molecule has 1 amide bonds. The molecule has 0 aromatic carbocycles. The van der Waals surface area contributed by atoms with Gasteiger partial charge in [0.05, 0.1) is 5.60 Å². The summed E-state index contributed by atoms with van der Waals surface area (Å²) in [6.45, 7) is 15.6. The summed E-state index contributed by atoms with van der Waals surface area (Å²) >= 11 is 0. The van der Waals surface area contributed by atoms with Gasteiger partial charge in [0.1, 0.15) is 0 Å². The summed E-state index contributed by atoms with van der Waals surface area (Å²) in [6, 6.07) is 0. The van der Waals surface area contributed by atoms with Crippen LogP contribution in [0.3, 0.4) is 0 Å². The molecule has 4 heteroatoms. The second-order valence-corrected chi connectivity index (χ2v) is 7.38. The van der Waals surface area contributed by atoms with Crippen LogP contribution in [0.4, 0.5) is 0 Å². The molecular weight excluding hydrogens is 276 g/mol. The molecular formula is C18H36N2O2. The second-order valence-electron chi connectivity index (χ2n) is 7.38. The first-order chi connectivity index (χ1) is 10.3. The van der Waals surface area contributed by atoms with E-state index in [2.05, 4.69) is 32.6 Å². The van der Waals surface area contributed by atoms with Crippen molar-refractivity contribution in [3.8, 4) is 0 Å². The number of carbonyl (C=O) groups excluding carboxylic acids is 1. The highest BCUT2D eigenvalue weighted by atomic mass is 16.5. The third kappa shape index (κ3) is 5.88. The van der Waals surface area contributed by atoms with Crippen molar-refractivity contribution in [3.05, 3.63) is 0 Å². The van der Waals surface area contributed by atoms with Crippen molar-refractivity contribution >= 4 is 5.91 Å². The summed E-state index contributed by atoms with van der Waals surface area (Å²) in [5, 5.41) is 0. The summed E-state index contributed by atoms with van der Waals surface area (Å²) < 4.78 is 5.57. The van der Waals surface area contributed by atoms with E-state index < -0.39 is 0 Å². The molecule has 0 saturated carbocycles. The number of hydrogen-bond acceptors (Lipinski definition) is 3. The first-order valence-corrected chi connectivity index (χ1v) is 8.89. The van der Waals surface area contributed by atoms with Gasteiger partial charge in [0.2, 0.25) is 5.91 Å². The van der Waals surface area contributed by atoms with Gasteiger partial charge in [-0.25, -0.2) is 0 Å². The van der Waals surface area contributed by atoms with Gasteiger partial charge in [-0.2, -0.15) is 0 Å². The molecule has 4 nitrogen and oxygen atoms in total. The fourth-order valence-corrected chi connectivity index (χ4v) is 3.12. The zero-order valence-electron chi connectivity index (χ0n) is 15.5. The lowest BCUT2D eigenvalue weighted by atomic mass is 9.90. The van der Waals surface area contributed by atoms with E-state index in [-0.39, 0.29) is 11.5 Å². The van der Waals surface area contributed by atoms with Crippen molar-refractivity contribution < 1.29 is 9.53 Å². The summed E-state index contributed by atoms with van der Waals surface area (Å²) in [5.74, 6) is 1.15. The number of nitrogens with zero attached hydrogens (tertiary/aromatic N) is 2. The lowest BCUT2D eigenvalue weighted by Gasteiger charge is -2.38. The van der Waals surface area contributed by atoms with Gasteiger partial charge in [-0.05, 0) is 32.6 Å². The Morgan fingerprint density at radius 1 is 1.14 bits per heavy atom. The Kier molecular flexibility index (Phi) is 7.84. The Labute approximate surface area is 137 Å². The predicted octanol–water partition coefficient (Wildman–Crippen LogP) is 3.02. The molecule has 0 aromatic rings. The van der Waals surface area contributed by atoms with E-state index in [1.54, 1.807) is 7.11 Å². The molecule has 1 heterocycles. The average Bonchev–Trinajstić information content (AvgIpc) is 2.53. The predicted molar refractivity (Wildman–Crippen MR) is 92.0 cm³/mol. The summed E-state index contributed by atoms with van der Waals surface area (Å²) in [7, 11) is 1.80. The maximum Gasteiger partial charge on any atom is 0.225 e. The molecule has 22 heavy (non-hydrogen) atoms. The van der Waals surface area contributed by atoms with Crippen LogP contribution in [0.2, 0.25) is 0 Å². The van der Waals surface area contributed by atoms with Crippen LogP contribution >= 0.6 is 0 Å². The molecule has 0 aromatic heterocycles. The normalized spacial score (nSPS) is 20.0. The van der Waals surface area contributed by atoms with Gasteiger partial charge in [-0.15, -0.1) is 0 Å². The van der Waals surface area contributed by atoms with Gasteiger partial charge in [0.25, 0.3) is 0 Å². The van der Waals surface area contributed by atoms with Gasteiger partial charge in [-0.1, -0.05) is 27.2 Å². The largest absolute Gasteiger partial charge is 0.379 e. The van der Waals surface area contributed by atoms with Crippen LogP contribution in [0.5, 0.6) is 0 Å². The number of methoxy groups -OCH3 is 1. The monoisotopic (exact) mass is 312 g/mol. The standard InChI is InChI=1S/C18H36N2O2/c1-7-15(3)17(21)20-11-9-19(10-12-20)14-16(8-2)13-18(4,5)22-6/h15-16H,7-14H2,1-6H3. The molecule has 1 rings (SSSR count). The van der Waals surface area contributed by atoms with Crippen LogP contribution in [-0.4, -0.2) is 61.1 Å². The fraction of sp³-hybridized carbons (Fsp3) is 0.944. The van der Waals surface area contributed by atoms with E-state index in [1.807, 2.05) is 11.8 Å². The highest BCUT2D eigenvalue weighted by molar-refractivity contribution is 5.78. The second kappa shape index (κ2) is 8.88. The highest BCUT2D eigenvalue weighted by Gasteiger charge is 2.27. The van der Waals surface area contributed by atoms with Crippen LogP contribution in [0.25, 0.3) is 0 Å². The van der Waals surface area contributed by atoms with Crippen LogP contribution in [0, 0.1) is 11.8 Å². The summed E-state index contributed by atoms with van der Waals surface area (Å²) in [4.78, 5) is 16.8. The van der Waals surface area contributed by atoms with E-state index in [9.17, 15) is 4.79 Å². The quantitative estimate of drug-likeness (QED) is 0.691. The number of carbonyl (C=O) groups is 1. The van der Waals surface area contributed by atoms with Gasteiger partial charge in [0.15, 0.2) is 0 Å². The van der Waals surface area contributed by atoms with Gasteiger partial charge in [0, 0.05) is 45.8 Å². The van der Waals surface area contributed by atoms with E-state index in [4.69, 9.17) is 4.74 Å². The first kappa shape index (κ1) is 19.4. The minimum Gasteiger partial charge on any atom is -0.379 e. The maximum atomic E-state index is 12.2. The molecule has 1 saturated heterocycles. The number of amides is 1. The topological polar surface area (TPSA) is 32.8 Å². The molecule has 1 aliphatic rings. The van der Waals surface area contributed by atoms with E-state index in [0.29, 0.717) is 11.8 Å². The van der Waals surface area contributed by atoms with Gasteiger partial charge < -0.3 is 9.64 Å². The van der Waals surface area contributed by atoms with Crippen LogP contribution in [0.15, 0.2) is 0 Å². The summed E-state index contributed by atoms with van der Waals surface area (Å²) in [5.41, 5.74) is -0.0466. The Morgan fingerprint density at radius 2 is 1.73 bits per heavy atom. The Hall–Kier alpha value is -0.610. The highest BCUT2D eigenvalue weighted by Crippen LogP contribution is 2.23. The van der Waals surface area contributed by atoms with Crippen molar-refractivity contribution in [3.63, 3.8) is 0 Å². The Balaban J connectivity index is 2.42. The van der Waals surface area contributed by atoms with Gasteiger partial charge >= 0.3 is 0 Å². The minimum absolute atomic E-state index is 0.0466. The lowest BCUT2D eigenvalue weighted by Crippen LogP contribution is -2.51. The van der Waals surface area contributed by atoms with Crippen molar-refractivity contribution in [2.24, 2.45) is 11.8 Å². The zero-order chi connectivity index (χ0) is 16.8. The number of rotatable bonds is 8. The molecule has 0 radical (unpaired) electrons. The first-order valence-electron chi connectivity index (χ1n) is 8.89. The zero-order valence-corrected chi connectivity index (χ0v) is 15.5.